The van der Waals surface area contributed by atoms with Crippen molar-refractivity contribution in [3.63, 3.8) is 0 Å². The van der Waals surface area contributed by atoms with Crippen LogP contribution in [0.5, 0.6) is 0 Å². The molecule has 2 fully saturated rings. The Labute approximate surface area is 170 Å². The molecule has 2 atom stereocenters. The molecule has 2 aliphatic heterocycles. The third kappa shape index (κ3) is 4.42. The van der Waals surface area contributed by atoms with Crippen LogP contribution < -0.4 is 10.6 Å². The molecule has 0 spiro atoms. The normalized spacial score (nSPS) is 23.4. The predicted octanol–water partition coefficient (Wildman–Crippen LogP) is 4.48. The number of amides is 3. The lowest BCUT2D eigenvalue weighted by Gasteiger charge is -2.48. The average molecular weight is 395 g/mol. The topological polar surface area (TPSA) is 61.4 Å². The summed E-state index contributed by atoms with van der Waals surface area (Å²) in [5, 5.41) is 6.11. The standard InChI is InChI=1S/C23H26FN3O2/c1-15-4-2-5-18(12-15)26-23(29)27-20-6-3-7-21(27)14-19(13-20)25-22(28)16-8-10-17(24)11-9-16/h2,4-5,8-12,19-21H,3,6-7,13-14H2,1H3,(H,25,28)(H,26,29). The molecular formula is C23H26FN3O2. The maximum Gasteiger partial charge on any atom is 0.322 e. The van der Waals surface area contributed by atoms with E-state index in [1.165, 1.54) is 24.3 Å². The van der Waals surface area contributed by atoms with Crippen molar-refractivity contribution in [1.82, 2.24) is 10.2 Å². The van der Waals surface area contributed by atoms with Gasteiger partial charge in [-0.1, -0.05) is 12.1 Å². The Morgan fingerprint density at radius 1 is 1.03 bits per heavy atom. The molecule has 0 saturated carbocycles. The van der Waals surface area contributed by atoms with Crippen molar-refractivity contribution in [2.75, 3.05) is 5.32 Å². The van der Waals surface area contributed by atoms with Crippen molar-refractivity contribution in [3.8, 4) is 0 Å². The minimum absolute atomic E-state index is 0.0193. The van der Waals surface area contributed by atoms with E-state index < -0.39 is 0 Å². The largest absolute Gasteiger partial charge is 0.349 e. The SMILES string of the molecule is Cc1cccc(NC(=O)N2C3CCCC2CC(NC(=O)c2ccc(F)cc2)C3)c1. The number of benzene rings is 2. The fourth-order valence-corrected chi connectivity index (χ4v) is 4.61. The van der Waals surface area contributed by atoms with Gasteiger partial charge in [0.05, 0.1) is 0 Å². The van der Waals surface area contributed by atoms with E-state index in [9.17, 15) is 14.0 Å². The maximum absolute atomic E-state index is 13.1. The molecule has 2 saturated heterocycles. The first-order chi connectivity index (χ1) is 14.0. The first kappa shape index (κ1) is 19.4. The second-order valence-electron chi connectivity index (χ2n) is 8.09. The van der Waals surface area contributed by atoms with Crippen LogP contribution >= 0.6 is 0 Å². The predicted molar refractivity (Wildman–Crippen MR) is 110 cm³/mol. The highest BCUT2D eigenvalue weighted by Gasteiger charge is 2.41. The third-order valence-electron chi connectivity index (χ3n) is 5.92. The number of nitrogens with one attached hydrogen (secondary N) is 2. The summed E-state index contributed by atoms with van der Waals surface area (Å²) in [5.74, 6) is -0.547. The molecular weight excluding hydrogens is 369 g/mol. The summed E-state index contributed by atoms with van der Waals surface area (Å²) < 4.78 is 13.1. The van der Waals surface area contributed by atoms with Gasteiger partial charge < -0.3 is 15.5 Å². The molecule has 2 N–H and O–H groups in total. The summed E-state index contributed by atoms with van der Waals surface area (Å²) >= 11 is 0. The van der Waals surface area contributed by atoms with Crippen LogP contribution in [0, 0.1) is 12.7 Å². The van der Waals surface area contributed by atoms with Crippen LogP contribution in [0.1, 0.15) is 48.0 Å². The molecule has 152 valence electrons. The number of nitrogens with zero attached hydrogens (tertiary/aromatic N) is 1. The molecule has 0 aromatic heterocycles. The first-order valence-electron chi connectivity index (χ1n) is 10.2. The quantitative estimate of drug-likeness (QED) is 0.805. The Morgan fingerprint density at radius 3 is 2.38 bits per heavy atom. The molecule has 3 amide bonds. The zero-order valence-electron chi connectivity index (χ0n) is 16.5. The highest BCUT2D eigenvalue weighted by atomic mass is 19.1. The Balaban J connectivity index is 1.41. The lowest BCUT2D eigenvalue weighted by atomic mass is 9.82. The van der Waals surface area contributed by atoms with E-state index in [1.54, 1.807) is 0 Å². The van der Waals surface area contributed by atoms with Crippen molar-refractivity contribution in [1.29, 1.82) is 0 Å². The number of halogens is 1. The monoisotopic (exact) mass is 395 g/mol. The van der Waals surface area contributed by atoms with Crippen molar-refractivity contribution >= 4 is 17.6 Å². The van der Waals surface area contributed by atoms with E-state index in [0.29, 0.717) is 5.56 Å². The summed E-state index contributed by atoms with van der Waals surface area (Å²) in [6.07, 6.45) is 4.47. The van der Waals surface area contributed by atoms with Gasteiger partial charge in [-0.25, -0.2) is 9.18 Å². The smallest absolute Gasteiger partial charge is 0.322 e. The Bertz CT molecular complexity index is 885. The molecule has 29 heavy (non-hydrogen) atoms. The van der Waals surface area contributed by atoms with Crippen molar-refractivity contribution in [3.05, 3.63) is 65.5 Å². The summed E-state index contributed by atoms with van der Waals surface area (Å²) in [6.45, 7) is 2.00. The zero-order chi connectivity index (χ0) is 20.4. The van der Waals surface area contributed by atoms with Crippen LogP contribution in [0.3, 0.4) is 0 Å². The van der Waals surface area contributed by atoms with E-state index in [1.807, 2.05) is 36.1 Å². The van der Waals surface area contributed by atoms with Crippen molar-refractivity contribution < 1.29 is 14.0 Å². The van der Waals surface area contributed by atoms with E-state index in [0.717, 1.165) is 43.4 Å². The van der Waals surface area contributed by atoms with Crippen molar-refractivity contribution in [2.45, 2.75) is 57.2 Å². The van der Waals surface area contributed by atoms with E-state index >= 15 is 0 Å². The number of carbonyl (C=O) groups is 2. The van der Waals surface area contributed by atoms with E-state index in [4.69, 9.17) is 0 Å². The Morgan fingerprint density at radius 2 is 1.72 bits per heavy atom. The molecule has 2 heterocycles. The minimum atomic E-state index is -0.357. The van der Waals surface area contributed by atoms with E-state index in [-0.39, 0.29) is 35.9 Å². The Hall–Kier alpha value is -2.89. The van der Waals surface area contributed by atoms with Crippen LogP contribution in [0.15, 0.2) is 48.5 Å². The molecule has 2 aromatic rings. The molecule has 0 aliphatic carbocycles. The van der Waals surface area contributed by atoms with Gasteiger partial charge in [0.25, 0.3) is 5.91 Å². The third-order valence-corrected chi connectivity index (χ3v) is 5.92. The van der Waals surface area contributed by atoms with Gasteiger partial charge in [0.1, 0.15) is 5.82 Å². The van der Waals surface area contributed by atoms with Gasteiger partial charge in [-0.2, -0.15) is 0 Å². The van der Waals surface area contributed by atoms with Gasteiger partial charge in [-0.3, -0.25) is 4.79 Å². The number of hydrogen-bond donors (Lipinski definition) is 2. The molecule has 2 aromatic carbocycles. The Kier molecular flexibility index (Phi) is 5.51. The molecule has 2 unspecified atom stereocenters. The maximum atomic E-state index is 13.1. The summed E-state index contributed by atoms with van der Waals surface area (Å²) in [5.41, 5.74) is 2.36. The molecule has 6 heteroatoms. The van der Waals surface area contributed by atoms with Gasteiger partial charge in [-0.05, 0) is 81.0 Å². The molecule has 5 nitrogen and oxygen atoms in total. The fraction of sp³-hybridized carbons (Fsp3) is 0.391. The molecule has 4 rings (SSSR count). The number of carbonyl (C=O) groups excluding carboxylic acids is 2. The summed E-state index contributed by atoms with van der Waals surface area (Å²) in [7, 11) is 0. The van der Waals surface area contributed by atoms with Gasteiger partial charge in [0.15, 0.2) is 0 Å². The highest BCUT2D eigenvalue weighted by molar-refractivity contribution is 5.94. The van der Waals surface area contributed by atoms with Gasteiger partial charge in [0.2, 0.25) is 0 Å². The lowest BCUT2D eigenvalue weighted by molar-refractivity contribution is 0.0577. The van der Waals surface area contributed by atoms with Crippen LogP contribution in [-0.4, -0.2) is 35.0 Å². The van der Waals surface area contributed by atoms with Crippen LogP contribution in [0.25, 0.3) is 0 Å². The van der Waals surface area contributed by atoms with E-state index in [2.05, 4.69) is 10.6 Å². The number of aryl methyl sites for hydroxylation is 1. The average Bonchev–Trinajstić information content (AvgIpc) is 2.67. The molecule has 2 bridgehead atoms. The number of urea groups is 1. The van der Waals surface area contributed by atoms with Crippen LogP contribution in [0.2, 0.25) is 0 Å². The van der Waals surface area contributed by atoms with Gasteiger partial charge in [0, 0.05) is 29.4 Å². The number of rotatable bonds is 3. The number of piperidine rings is 2. The number of fused-ring (bicyclic) bond motifs is 2. The second-order valence-corrected chi connectivity index (χ2v) is 8.09. The molecule has 2 aliphatic rings. The van der Waals surface area contributed by atoms with Gasteiger partial charge in [-0.15, -0.1) is 0 Å². The highest BCUT2D eigenvalue weighted by Crippen LogP contribution is 2.34. The fourth-order valence-electron chi connectivity index (χ4n) is 4.61. The minimum Gasteiger partial charge on any atom is -0.349 e. The van der Waals surface area contributed by atoms with Crippen LogP contribution in [0.4, 0.5) is 14.9 Å². The lowest BCUT2D eigenvalue weighted by Crippen LogP contribution is -2.59. The number of anilines is 1. The second kappa shape index (κ2) is 8.23. The first-order valence-corrected chi connectivity index (χ1v) is 10.2. The van der Waals surface area contributed by atoms with Crippen LogP contribution in [-0.2, 0) is 0 Å². The van der Waals surface area contributed by atoms with Crippen molar-refractivity contribution in [2.24, 2.45) is 0 Å². The zero-order valence-corrected chi connectivity index (χ0v) is 16.5. The number of hydrogen-bond acceptors (Lipinski definition) is 2. The molecule has 0 radical (unpaired) electrons. The summed E-state index contributed by atoms with van der Waals surface area (Å²) in [4.78, 5) is 27.5. The van der Waals surface area contributed by atoms with Gasteiger partial charge >= 0.3 is 6.03 Å². The summed E-state index contributed by atoms with van der Waals surface area (Å²) in [6, 6.07) is 13.6.